The fraction of sp³-hybridized carbons (Fsp3) is 0.538. The third-order valence-electron chi connectivity index (χ3n) is 2.59. The zero-order valence-corrected chi connectivity index (χ0v) is 11.9. The van der Waals surface area contributed by atoms with E-state index in [4.69, 9.17) is 4.74 Å². The Labute approximate surface area is 114 Å². The molecule has 19 heavy (non-hydrogen) atoms. The molecule has 108 valence electrons. The van der Waals surface area contributed by atoms with Crippen LogP contribution in [0.4, 0.5) is 0 Å². The summed E-state index contributed by atoms with van der Waals surface area (Å²) in [5.41, 5.74) is 0.981. The molecule has 0 saturated heterocycles. The summed E-state index contributed by atoms with van der Waals surface area (Å²) in [4.78, 5) is 0. The van der Waals surface area contributed by atoms with Crippen LogP contribution in [0.5, 0.6) is 0 Å². The molecule has 0 aliphatic carbocycles. The molecule has 0 amide bonds. The fourth-order valence-electron chi connectivity index (χ4n) is 1.67. The van der Waals surface area contributed by atoms with Crippen molar-refractivity contribution < 1.29 is 18.3 Å². The number of rotatable bonds is 9. The van der Waals surface area contributed by atoms with Gasteiger partial charge in [-0.05, 0) is 18.9 Å². The van der Waals surface area contributed by atoms with Crippen molar-refractivity contribution in [2.45, 2.75) is 19.4 Å². The maximum absolute atomic E-state index is 11.8. The number of ether oxygens (including phenoxy) is 1. The highest BCUT2D eigenvalue weighted by Crippen LogP contribution is 2.04. The van der Waals surface area contributed by atoms with Gasteiger partial charge in [-0.3, -0.25) is 0 Å². The average Bonchev–Trinajstić information content (AvgIpc) is 2.39. The molecule has 0 aromatic heterocycles. The van der Waals surface area contributed by atoms with E-state index < -0.39 is 16.1 Å². The van der Waals surface area contributed by atoms with Crippen LogP contribution in [-0.2, 0) is 21.2 Å². The molecule has 0 bridgehead atoms. The molecule has 1 aromatic carbocycles. The second-order valence-corrected chi connectivity index (χ2v) is 6.08. The predicted molar refractivity (Wildman–Crippen MR) is 74.4 cm³/mol. The molecule has 1 atom stereocenters. The number of benzene rings is 1. The second-order valence-electron chi connectivity index (χ2n) is 4.20. The van der Waals surface area contributed by atoms with Crippen LogP contribution < -0.4 is 4.72 Å². The van der Waals surface area contributed by atoms with E-state index in [2.05, 4.69) is 4.72 Å². The first kappa shape index (κ1) is 16.1. The Bertz CT molecular complexity index is 447. The highest BCUT2D eigenvalue weighted by molar-refractivity contribution is 7.89. The largest absolute Gasteiger partial charge is 0.395 e. The molecule has 1 rings (SSSR count). The minimum absolute atomic E-state index is 0.0911. The van der Waals surface area contributed by atoms with Gasteiger partial charge >= 0.3 is 0 Å². The van der Waals surface area contributed by atoms with E-state index in [0.717, 1.165) is 5.56 Å². The van der Waals surface area contributed by atoms with Gasteiger partial charge in [0.1, 0.15) is 0 Å². The van der Waals surface area contributed by atoms with E-state index in [1.54, 1.807) is 0 Å². The van der Waals surface area contributed by atoms with Crippen LogP contribution >= 0.6 is 0 Å². The Hall–Kier alpha value is -0.950. The summed E-state index contributed by atoms with van der Waals surface area (Å²) in [6.07, 6.45) is 0.463. The first-order valence-electron chi connectivity index (χ1n) is 6.30. The SMILES string of the molecule is CCOCCS(=O)(=O)NC(CO)Cc1ccccc1. The van der Waals surface area contributed by atoms with Gasteiger partial charge < -0.3 is 9.84 Å². The van der Waals surface area contributed by atoms with E-state index in [1.807, 2.05) is 37.3 Å². The van der Waals surface area contributed by atoms with E-state index in [9.17, 15) is 13.5 Å². The first-order chi connectivity index (χ1) is 9.07. The van der Waals surface area contributed by atoms with Crippen LogP contribution in [0, 0.1) is 0 Å². The molecule has 0 aliphatic heterocycles. The average molecular weight is 287 g/mol. The third kappa shape index (κ3) is 6.68. The quantitative estimate of drug-likeness (QED) is 0.650. The van der Waals surface area contributed by atoms with E-state index in [0.29, 0.717) is 13.0 Å². The van der Waals surface area contributed by atoms with Gasteiger partial charge in [0.15, 0.2) is 0 Å². The monoisotopic (exact) mass is 287 g/mol. The molecule has 2 N–H and O–H groups in total. The van der Waals surface area contributed by atoms with Crippen molar-refractivity contribution >= 4 is 10.0 Å². The molecule has 0 saturated carbocycles. The van der Waals surface area contributed by atoms with Gasteiger partial charge in [0.2, 0.25) is 10.0 Å². The summed E-state index contributed by atoms with van der Waals surface area (Å²) < 4.78 is 31.0. The van der Waals surface area contributed by atoms with Crippen molar-refractivity contribution in [1.82, 2.24) is 4.72 Å². The van der Waals surface area contributed by atoms with Crippen molar-refractivity contribution in [3.63, 3.8) is 0 Å². The molecule has 0 aliphatic rings. The van der Waals surface area contributed by atoms with Gasteiger partial charge in [-0.2, -0.15) is 0 Å². The number of sulfonamides is 1. The normalized spacial score (nSPS) is 13.4. The van der Waals surface area contributed by atoms with Crippen LogP contribution in [0.15, 0.2) is 30.3 Å². The van der Waals surface area contributed by atoms with Gasteiger partial charge in [-0.1, -0.05) is 30.3 Å². The lowest BCUT2D eigenvalue weighted by atomic mass is 10.1. The standard InChI is InChI=1S/C13H21NO4S/c1-2-18-8-9-19(16,17)14-13(11-15)10-12-6-4-3-5-7-12/h3-7,13-15H,2,8-11H2,1H3. The number of aliphatic hydroxyl groups excluding tert-OH is 1. The summed E-state index contributed by atoms with van der Waals surface area (Å²) in [6.45, 7) is 2.23. The van der Waals surface area contributed by atoms with Crippen LogP contribution in [-0.4, -0.2) is 45.1 Å². The molecule has 1 aromatic rings. The molecule has 0 fully saturated rings. The molecule has 0 heterocycles. The lowest BCUT2D eigenvalue weighted by Gasteiger charge is -2.16. The maximum atomic E-state index is 11.8. The summed E-state index contributed by atoms with van der Waals surface area (Å²) >= 11 is 0. The minimum Gasteiger partial charge on any atom is -0.395 e. The van der Waals surface area contributed by atoms with Crippen molar-refractivity contribution in [3.8, 4) is 0 Å². The Balaban J connectivity index is 2.52. The maximum Gasteiger partial charge on any atom is 0.214 e. The van der Waals surface area contributed by atoms with Gasteiger partial charge in [-0.25, -0.2) is 13.1 Å². The van der Waals surface area contributed by atoms with Crippen molar-refractivity contribution in [2.24, 2.45) is 0 Å². The summed E-state index contributed by atoms with van der Waals surface area (Å²) in [5, 5.41) is 9.26. The first-order valence-corrected chi connectivity index (χ1v) is 7.95. The molecule has 1 unspecified atom stereocenters. The van der Waals surface area contributed by atoms with E-state index in [-0.39, 0.29) is 19.0 Å². The van der Waals surface area contributed by atoms with Gasteiger partial charge in [0.05, 0.1) is 19.0 Å². The topological polar surface area (TPSA) is 75.6 Å². The Morgan fingerprint density at radius 2 is 2.00 bits per heavy atom. The molecule has 5 nitrogen and oxygen atoms in total. The molecule has 0 spiro atoms. The second kappa shape index (κ2) is 8.27. The van der Waals surface area contributed by atoms with Crippen LogP contribution in [0.25, 0.3) is 0 Å². The fourth-order valence-corrected chi connectivity index (χ4v) is 2.79. The number of hydrogen-bond donors (Lipinski definition) is 2. The van der Waals surface area contributed by atoms with Gasteiger partial charge in [-0.15, -0.1) is 0 Å². The van der Waals surface area contributed by atoms with Crippen LogP contribution in [0.1, 0.15) is 12.5 Å². The highest BCUT2D eigenvalue weighted by Gasteiger charge is 2.17. The number of aliphatic hydroxyl groups is 1. The van der Waals surface area contributed by atoms with Crippen molar-refractivity contribution in [2.75, 3.05) is 25.6 Å². The number of nitrogens with one attached hydrogen (secondary N) is 1. The van der Waals surface area contributed by atoms with E-state index in [1.165, 1.54) is 0 Å². The van der Waals surface area contributed by atoms with Crippen LogP contribution in [0.3, 0.4) is 0 Å². The lowest BCUT2D eigenvalue weighted by Crippen LogP contribution is -2.41. The summed E-state index contributed by atoms with van der Waals surface area (Å²) in [7, 11) is -3.42. The third-order valence-corrected chi connectivity index (χ3v) is 3.99. The number of hydrogen-bond acceptors (Lipinski definition) is 4. The zero-order valence-electron chi connectivity index (χ0n) is 11.1. The molecule has 0 radical (unpaired) electrons. The summed E-state index contributed by atoms with van der Waals surface area (Å²) in [5.74, 6) is -0.0911. The molecular formula is C13H21NO4S. The smallest absolute Gasteiger partial charge is 0.214 e. The predicted octanol–water partition coefficient (Wildman–Crippen LogP) is 0.546. The van der Waals surface area contributed by atoms with Crippen molar-refractivity contribution in [1.29, 1.82) is 0 Å². The van der Waals surface area contributed by atoms with Crippen molar-refractivity contribution in [3.05, 3.63) is 35.9 Å². The summed E-state index contributed by atoms with van der Waals surface area (Å²) in [6, 6.07) is 8.95. The Kier molecular flexibility index (Phi) is 7.01. The Morgan fingerprint density at radius 1 is 1.32 bits per heavy atom. The Morgan fingerprint density at radius 3 is 2.58 bits per heavy atom. The van der Waals surface area contributed by atoms with E-state index >= 15 is 0 Å². The van der Waals surface area contributed by atoms with Crippen LogP contribution in [0.2, 0.25) is 0 Å². The zero-order chi connectivity index (χ0) is 14.1. The highest BCUT2D eigenvalue weighted by atomic mass is 32.2. The minimum atomic E-state index is -3.42. The molecule has 6 heteroatoms. The van der Waals surface area contributed by atoms with Gasteiger partial charge in [0, 0.05) is 12.6 Å². The van der Waals surface area contributed by atoms with Gasteiger partial charge in [0.25, 0.3) is 0 Å². The molecular weight excluding hydrogens is 266 g/mol. The lowest BCUT2D eigenvalue weighted by molar-refractivity contribution is 0.163.